The van der Waals surface area contributed by atoms with Gasteiger partial charge in [0.25, 0.3) is 5.91 Å². The van der Waals surface area contributed by atoms with Gasteiger partial charge in [-0.15, -0.1) is 0 Å². The summed E-state index contributed by atoms with van der Waals surface area (Å²) in [5, 5.41) is 3.71. The minimum atomic E-state index is -0.674. The van der Waals surface area contributed by atoms with Gasteiger partial charge >= 0.3 is 0 Å². The zero-order chi connectivity index (χ0) is 20.5. The van der Waals surface area contributed by atoms with E-state index in [9.17, 15) is 9.59 Å². The fourth-order valence-electron chi connectivity index (χ4n) is 3.67. The van der Waals surface area contributed by atoms with Crippen LogP contribution in [0.25, 0.3) is 0 Å². The highest BCUT2D eigenvalue weighted by molar-refractivity contribution is 6.42. The Hall–Kier alpha value is -2.08. The molecule has 28 heavy (non-hydrogen) atoms. The van der Waals surface area contributed by atoms with Crippen molar-refractivity contribution in [3.8, 4) is 0 Å². The van der Waals surface area contributed by atoms with Crippen molar-refractivity contribution in [2.24, 2.45) is 5.73 Å². The van der Waals surface area contributed by atoms with Crippen molar-refractivity contribution in [3.63, 3.8) is 0 Å². The van der Waals surface area contributed by atoms with Crippen LogP contribution in [0.4, 0.5) is 5.69 Å². The van der Waals surface area contributed by atoms with Gasteiger partial charge in [-0.05, 0) is 48.2 Å². The van der Waals surface area contributed by atoms with Gasteiger partial charge in [0.05, 0.1) is 15.5 Å². The predicted octanol–water partition coefficient (Wildman–Crippen LogP) is 4.21. The number of carbonyl (C=O) groups excluding carboxylic acids is 2. The number of anilines is 1. The van der Waals surface area contributed by atoms with E-state index in [1.165, 1.54) is 0 Å². The number of benzene rings is 2. The second-order valence-corrected chi connectivity index (χ2v) is 7.89. The number of hydrogen-bond donors (Lipinski definition) is 2. The van der Waals surface area contributed by atoms with Gasteiger partial charge < -0.3 is 16.0 Å². The van der Waals surface area contributed by atoms with E-state index < -0.39 is 5.41 Å². The van der Waals surface area contributed by atoms with Gasteiger partial charge in [-0.2, -0.15) is 0 Å². The third-order valence-corrected chi connectivity index (χ3v) is 6.25. The second-order valence-electron chi connectivity index (χ2n) is 7.08. The minimum absolute atomic E-state index is 0.0328. The van der Waals surface area contributed by atoms with Crippen LogP contribution < -0.4 is 11.1 Å². The van der Waals surface area contributed by atoms with Crippen molar-refractivity contribution in [3.05, 3.63) is 63.1 Å². The van der Waals surface area contributed by atoms with Gasteiger partial charge in [0.1, 0.15) is 0 Å². The third kappa shape index (κ3) is 3.62. The second kappa shape index (κ2) is 8.11. The van der Waals surface area contributed by atoms with Crippen LogP contribution >= 0.6 is 23.2 Å². The molecule has 1 aliphatic rings. The highest BCUT2D eigenvalue weighted by Gasteiger charge is 2.45. The number of hydrogen-bond acceptors (Lipinski definition) is 3. The number of amides is 2. The molecule has 0 spiro atoms. The Labute approximate surface area is 174 Å². The third-order valence-electron chi connectivity index (χ3n) is 5.51. The zero-order valence-electron chi connectivity index (χ0n) is 15.9. The summed E-state index contributed by atoms with van der Waals surface area (Å²) in [4.78, 5) is 27.2. The van der Waals surface area contributed by atoms with Crippen LogP contribution in [0.15, 0.2) is 36.4 Å². The molecule has 7 heteroatoms. The van der Waals surface area contributed by atoms with Crippen molar-refractivity contribution in [2.45, 2.75) is 31.7 Å². The molecule has 3 rings (SSSR count). The maximum absolute atomic E-state index is 12.8. The van der Waals surface area contributed by atoms with Gasteiger partial charge in [0.15, 0.2) is 0 Å². The highest BCUT2D eigenvalue weighted by atomic mass is 35.5. The fraction of sp³-hybridized carbons (Fsp3) is 0.333. The first-order valence-corrected chi connectivity index (χ1v) is 9.93. The molecule has 0 aromatic heterocycles. The van der Waals surface area contributed by atoms with Crippen molar-refractivity contribution >= 4 is 40.7 Å². The Balaban J connectivity index is 1.81. The van der Waals surface area contributed by atoms with Crippen LogP contribution in [0, 0.1) is 0 Å². The monoisotopic (exact) mass is 419 g/mol. The first kappa shape index (κ1) is 20.6. The Morgan fingerprint density at radius 2 is 1.93 bits per heavy atom. The Morgan fingerprint density at radius 3 is 2.57 bits per heavy atom. The highest BCUT2D eigenvalue weighted by Crippen LogP contribution is 2.43. The summed E-state index contributed by atoms with van der Waals surface area (Å²) >= 11 is 12.0. The molecule has 1 aliphatic heterocycles. The van der Waals surface area contributed by atoms with E-state index >= 15 is 0 Å². The van der Waals surface area contributed by atoms with E-state index in [2.05, 4.69) is 5.32 Å². The van der Waals surface area contributed by atoms with Crippen LogP contribution in [-0.4, -0.2) is 30.3 Å². The molecule has 2 amide bonds. The fourth-order valence-corrected chi connectivity index (χ4v) is 3.97. The van der Waals surface area contributed by atoms with E-state index in [1.807, 2.05) is 25.1 Å². The van der Waals surface area contributed by atoms with Gasteiger partial charge in [-0.1, -0.05) is 42.3 Å². The molecule has 5 nitrogen and oxygen atoms in total. The lowest BCUT2D eigenvalue weighted by Crippen LogP contribution is -2.39. The maximum atomic E-state index is 12.8. The molecular weight excluding hydrogens is 397 g/mol. The smallest absolute Gasteiger partial charge is 0.253 e. The van der Waals surface area contributed by atoms with Crippen molar-refractivity contribution < 1.29 is 9.59 Å². The Kier molecular flexibility index (Phi) is 5.98. The first-order valence-electron chi connectivity index (χ1n) is 9.18. The SMILES string of the molecule is CCC1(CCN(C)C(=O)c2ccc(Cl)c(Cl)c2)C(=O)Nc2ccc(CN)cc21. The number of carbonyl (C=O) groups is 2. The molecule has 2 aromatic carbocycles. The molecule has 3 N–H and O–H groups in total. The van der Waals surface area contributed by atoms with E-state index in [0.29, 0.717) is 41.5 Å². The largest absolute Gasteiger partial charge is 0.342 e. The van der Waals surface area contributed by atoms with Crippen LogP contribution in [0.3, 0.4) is 0 Å². The van der Waals surface area contributed by atoms with Gasteiger partial charge in [0, 0.05) is 31.4 Å². The van der Waals surface area contributed by atoms with Crippen molar-refractivity contribution in [1.29, 1.82) is 0 Å². The summed E-state index contributed by atoms with van der Waals surface area (Å²) in [7, 11) is 1.72. The molecule has 0 aliphatic carbocycles. The summed E-state index contributed by atoms with van der Waals surface area (Å²) in [5.41, 5.74) is 8.33. The maximum Gasteiger partial charge on any atom is 0.253 e. The number of nitrogens with one attached hydrogen (secondary N) is 1. The van der Waals surface area contributed by atoms with E-state index in [-0.39, 0.29) is 11.8 Å². The average molecular weight is 420 g/mol. The quantitative estimate of drug-likeness (QED) is 0.735. The molecule has 1 unspecified atom stereocenters. The lowest BCUT2D eigenvalue weighted by Gasteiger charge is -2.29. The van der Waals surface area contributed by atoms with Crippen molar-refractivity contribution in [1.82, 2.24) is 4.90 Å². The van der Waals surface area contributed by atoms with Gasteiger partial charge in [0.2, 0.25) is 5.91 Å². The molecule has 0 bridgehead atoms. The lowest BCUT2D eigenvalue weighted by molar-refractivity contribution is -0.121. The van der Waals surface area contributed by atoms with Crippen LogP contribution in [-0.2, 0) is 16.8 Å². The standard InChI is InChI=1S/C21H23Cl2N3O2/c1-3-21(15-10-13(12-24)4-7-18(15)25-20(21)28)8-9-26(2)19(27)14-5-6-16(22)17(23)11-14/h4-7,10-11H,3,8-9,12,24H2,1-2H3,(H,25,28). The molecular formula is C21H23Cl2N3O2. The molecule has 0 saturated heterocycles. The zero-order valence-corrected chi connectivity index (χ0v) is 17.4. The van der Waals surface area contributed by atoms with Gasteiger partial charge in [-0.25, -0.2) is 0 Å². The summed E-state index contributed by atoms with van der Waals surface area (Å²) in [6.45, 7) is 2.83. The topological polar surface area (TPSA) is 75.4 Å². The molecule has 1 atom stereocenters. The van der Waals surface area contributed by atoms with E-state index in [1.54, 1.807) is 30.1 Å². The van der Waals surface area contributed by atoms with Crippen molar-refractivity contribution in [2.75, 3.05) is 18.9 Å². The summed E-state index contributed by atoms with van der Waals surface area (Å²) < 4.78 is 0. The molecule has 148 valence electrons. The van der Waals surface area contributed by atoms with Crippen LogP contribution in [0.2, 0.25) is 10.0 Å². The van der Waals surface area contributed by atoms with E-state index in [0.717, 1.165) is 16.8 Å². The molecule has 1 heterocycles. The predicted molar refractivity (Wildman–Crippen MR) is 113 cm³/mol. The van der Waals surface area contributed by atoms with Crippen LogP contribution in [0.1, 0.15) is 41.3 Å². The minimum Gasteiger partial charge on any atom is -0.342 e. The number of rotatable bonds is 6. The van der Waals surface area contributed by atoms with E-state index in [4.69, 9.17) is 28.9 Å². The Bertz CT molecular complexity index is 932. The normalized spacial score (nSPS) is 18.0. The summed E-state index contributed by atoms with van der Waals surface area (Å²) in [6.07, 6.45) is 1.15. The molecule has 2 aromatic rings. The lowest BCUT2D eigenvalue weighted by atomic mass is 9.76. The van der Waals surface area contributed by atoms with Crippen LogP contribution in [0.5, 0.6) is 0 Å². The number of halogens is 2. The Morgan fingerprint density at radius 1 is 1.18 bits per heavy atom. The summed E-state index contributed by atoms with van der Waals surface area (Å²) in [6, 6.07) is 10.6. The van der Waals surface area contributed by atoms with Gasteiger partial charge in [-0.3, -0.25) is 9.59 Å². The molecule has 0 radical (unpaired) electrons. The number of fused-ring (bicyclic) bond motifs is 1. The molecule has 0 fully saturated rings. The number of nitrogens with zero attached hydrogens (tertiary/aromatic N) is 1. The average Bonchev–Trinajstić information content (AvgIpc) is 2.98. The first-order chi connectivity index (χ1) is 13.3. The molecule has 0 saturated carbocycles. The summed E-state index contributed by atoms with van der Waals surface area (Å²) in [5.74, 6) is -0.200. The number of nitrogens with two attached hydrogens (primary N) is 1.